The number of para-hydroxylation sites is 1. The van der Waals surface area contributed by atoms with E-state index in [9.17, 15) is 4.79 Å². The molecule has 3 rings (SSSR count). The van der Waals surface area contributed by atoms with Gasteiger partial charge in [0.1, 0.15) is 5.69 Å². The molecule has 1 aromatic carbocycles. The summed E-state index contributed by atoms with van der Waals surface area (Å²) in [6.07, 6.45) is 3.30. The molecular weight excluding hydrogens is 278 g/mol. The van der Waals surface area contributed by atoms with Gasteiger partial charge in [-0.25, -0.2) is 4.79 Å². The largest absolute Gasteiger partial charge is 0.356 e. The van der Waals surface area contributed by atoms with Crippen molar-refractivity contribution in [3.63, 3.8) is 0 Å². The van der Waals surface area contributed by atoms with Gasteiger partial charge in [-0.15, -0.1) is 0 Å². The molecule has 1 aliphatic carbocycles. The highest BCUT2D eigenvalue weighted by Crippen LogP contribution is 2.38. The number of carbonyl (C=O) groups excluding carboxylic acids is 1. The third kappa shape index (κ3) is 2.93. The third-order valence-corrected chi connectivity index (χ3v) is 4.67. The fourth-order valence-corrected chi connectivity index (χ4v) is 3.25. The standard InChI is InChI=1S/C17H23N3O2/c1-17(2)9-8-12(10-17)20(3)16(21)18-11-14-13-6-4-5-7-15(13)22-19-14/h4-7,12H,8-11H2,1-3H3,(H,18,21). The molecule has 5 heteroatoms. The molecule has 0 aliphatic heterocycles. The van der Waals surface area contributed by atoms with E-state index in [0.717, 1.165) is 29.5 Å². The third-order valence-electron chi connectivity index (χ3n) is 4.67. The molecule has 0 bridgehead atoms. The van der Waals surface area contributed by atoms with Crippen molar-refractivity contribution in [2.45, 2.75) is 45.7 Å². The van der Waals surface area contributed by atoms with Crippen molar-refractivity contribution in [2.75, 3.05) is 7.05 Å². The molecule has 1 heterocycles. The fourth-order valence-electron chi connectivity index (χ4n) is 3.25. The second kappa shape index (κ2) is 5.63. The molecule has 0 saturated heterocycles. The minimum Gasteiger partial charge on any atom is -0.356 e. The van der Waals surface area contributed by atoms with Gasteiger partial charge < -0.3 is 14.7 Å². The van der Waals surface area contributed by atoms with Crippen molar-refractivity contribution in [3.05, 3.63) is 30.0 Å². The van der Waals surface area contributed by atoms with Gasteiger partial charge in [0, 0.05) is 18.5 Å². The summed E-state index contributed by atoms with van der Waals surface area (Å²) in [6.45, 7) is 4.91. The SMILES string of the molecule is CN(C(=O)NCc1noc2ccccc12)C1CCC(C)(C)C1. The summed E-state index contributed by atoms with van der Waals surface area (Å²) in [5.74, 6) is 0. The van der Waals surface area contributed by atoms with Crippen LogP contribution in [0.4, 0.5) is 4.79 Å². The minimum absolute atomic E-state index is 0.0465. The second-order valence-electron chi connectivity index (χ2n) is 6.96. The number of rotatable bonds is 3. The number of benzene rings is 1. The van der Waals surface area contributed by atoms with Gasteiger partial charge in [-0.3, -0.25) is 0 Å². The van der Waals surface area contributed by atoms with Gasteiger partial charge >= 0.3 is 6.03 Å². The lowest BCUT2D eigenvalue weighted by Gasteiger charge is -2.26. The second-order valence-corrected chi connectivity index (χ2v) is 6.96. The maximum Gasteiger partial charge on any atom is 0.317 e. The first-order valence-corrected chi connectivity index (χ1v) is 7.80. The molecular formula is C17H23N3O2. The van der Waals surface area contributed by atoms with Crippen LogP contribution >= 0.6 is 0 Å². The lowest BCUT2D eigenvalue weighted by atomic mass is 9.92. The van der Waals surface area contributed by atoms with Gasteiger partial charge in [-0.2, -0.15) is 0 Å². The average molecular weight is 301 g/mol. The zero-order chi connectivity index (χ0) is 15.7. The van der Waals surface area contributed by atoms with Crippen LogP contribution in [0.2, 0.25) is 0 Å². The van der Waals surface area contributed by atoms with E-state index in [2.05, 4.69) is 24.3 Å². The molecule has 1 saturated carbocycles. The van der Waals surface area contributed by atoms with Gasteiger partial charge in [0.2, 0.25) is 0 Å². The van der Waals surface area contributed by atoms with E-state index in [1.807, 2.05) is 36.2 Å². The van der Waals surface area contributed by atoms with E-state index in [0.29, 0.717) is 18.0 Å². The Morgan fingerprint density at radius 3 is 2.95 bits per heavy atom. The maximum atomic E-state index is 12.3. The van der Waals surface area contributed by atoms with E-state index in [1.54, 1.807) is 0 Å². The first-order valence-electron chi connectivity index (χ1n) is 7.80. The Bertz CT molecular complexity index is 677. The molecule has 2 amide bonds. The smallest absolute Gasteiger partial charge is 0.317 e. The van der Waals surface area contributed by atoms with Crippen LogP contribution < -0.4 is 5.32 Å². The molecule has 2 aromatic rings. The number of urea groups is 1. The van der Waals surface area contributed by atoms with E-state index in [-0.39, 0.29) is 6.03 Å². The average Bonchev–Trinajstić information content (AvgIpc) is 3.07. The summed E-state index contributed by atoms with van der Waals surface area (Å²) in [6, 6.07) is 7.96. The molecule has 5 nitrogen and oxygen atoms in total. The van der Waals surface area contributed by atoms with Crippen LogP contribution in [-0.4, -0.2) is 29.2 Å². The van der Waals surface area contributed by atoms with Crippen molar-refractivity contribution in [3.8, 4) is 0 Å². The molecule has 22 heavy (non-hydrogen) atoms. The monoisotopic (exact) mass is 301 g/mol. The molecule has 1 fully saturated rings. The Morgan fingerprint density at radius 1 is 1.45 bits per heavy atom. The summed E-state index contributed by atoms with van der Waals surface area (Å²) >= 11 is 0. The summed E-state index contributed by atoms with van der Waals surface area (Å²) in [7, 11) is 1.88. The topological polar surface area (TPSA) is 58.4 Å². The zero-order valence-corrected chi connectivity index (χ0v) is 13.4. The molecule has 118 valence electrons. The Kier molecular flexibility index (Phi) is 3.81. The van der Waals surface area contributed by atoms with Crippen LogP contribution in [0.5, 0.6) is 0 Å². The summed E-state index contributed by atoms with van der Waals surface area (Å²) in [5, 5.41) is 7.94. The summed E-state index contributed by atoms with van der Waals surface area (Å²) < 4.78 is 5.25. The van der Waals surface area contributed by atoms with E-state index < -0.39 is 0 Å². The van der Waals surface area contributed by atoms with Crippen LogP contribution in [-0.2, 0) is 6.54 Å². The first kappa shape index (κ1) is 14.9. The minimum atomic E-state index is -0.0465. The van der Waals surface area contributed by atoms with Gasteiger partial charge in [0.15, 0.2) is 5.58 Å². The lowest BCUT2D eigenvalue weighted by molar-refractivity contribution is 0.186. The van der Waals surface area contributed by atoms with Crippen molar-refractivity contribution in [2.24, 2.45) is 5.41 Å². The van der Waals surface area contributed by atoms with Gasteiger partial charge in [-0.05, 0) is 36.8 Å². The predicted octanol–water partition coefficient (Wildman–Crippen LogP) is 3.55. The van der Waals surface area contributed by atoms with Crippen LogP contribution in [0, 0.1) is 5.41 Å². The predicted molar refractivity (Wildman–Crippen MR) is 85.4 cm³/mol. The molecule has 0 radical (unpaired) electrons. The van der Waals surface area contributed by atoms with Crippen LogP contribution in [0.1, 0.15) is 38.8 Å². The molecule has 1 unspecified atom stereocenters. The molecule has 0 spiro atoms. The van der Waals surface area contributed by atoms with E-state index in [1.165, 1.54) is 6.42 Å². The number of nitrogens with one attached hydrogen (secondary N) is 1. The quantitative estimate of drug-likeness (QED) is 0.943. The number of nitrogens with zero attached hydrogens (tertiary/aromatic N) is 2. The molecule has 1 aliphatic rings. The molecule has 1 atom stereocenters. The van der Waals surface area contributed by atoms with Crippen molar-refractivity contribution >= 4 is 17.0 Å². The van der Waals surface area contributed by atoms with Crippen molar-refractivity contribution in [1.29, 1.82) is 0 Å². The van der Waals surface area contributed by atoms with Crippen molar-refractivity contribution in [1.82, 2.24) is 15.4 Å². The molecule has 1 aromatic heterocycles. The van der Waals surface area contributed by atoms with Crippen molar-refractivity contribution < 1.29 is 9.32 Å². The van der Waals surface area contributed by atoms with Crippen LogP contribution in [0.3, 0.4) is 0 Å². The Morgan fingerprint density at radius 2 is 2.23 bits per heavy atom. The number of aromatic nitrogens is 1. The Hall–Kier alpha value is -2.04. The maximum absolute atomic E-state index is 12.3. The Labute approximate surface area is 130 Å². The fraction of sp³-hybridized carbons (Fsp3) is 0.529. The normalized spacial score (nSPS) is 20.2. The van der Waals surface area contributed by atoms with Crippen LogP contribution in [0.25, 0.3) is 11.0 Å². The zero-order valence-electron chi connectivity index (χ0n) is 13.4. The van der Waals surface area contributed by atoms with Gasteiger partial charge in [-0.1, -0.05) is 31.1 Å². The number of hydrogen-bond acceptors (Lipinski definition) is 3. The Balaban J connectivity index is 1.60. The summed E-state index contributed by atoms with van der Waals surface area (Å²) in [4.78, 5) is 14.2. The molecule has 1 N–H and O–H groups in total. The number of hydrogen-bond donors (Lipinski definition) is 1. The number of fused-ring (bicyclic) bond motifs is 1. The lowest BCUT2D eigenvalue weighted by Crippen LogP contribution is -2.42. The van der Waals surface area contributed by atoms with Gasteiger partial charge in [0.25, 0.3) is 0 Å². The van der Waals surface area contributed by atoms with E-state index >= 15 is 0 Å². The first-order chi connectivity index (χ1) is 10.5. The highest BCUT2D eigenvalue weighted by atomic mass is 16.5. The highest BCUT2D eigenvalue weighted by molar-refractivity contribution is 5.80. The number of amides is 2. The number of carbonyl (C=O) groups is 1. The van der Waals surface area contributed by atoms with Gasteiger partial charge in [0.05, 0.1) is 6.54 Å². The van der Waals surface area contributed by atoms with Crippen LogP contribution in [0.15, 0.2) is 28.8 Å². The van der Waals surface area contributed by atoms with E-state index in [4.69, 9.17) is 4.52 Å². The highest BCUT2D eigenvalue weighted by Gasteiger charge is 2.34. The summed E-state index contributed by atoms with van der Waals surface area (Å²) in [5.41, 5.74) is 1.85.